The van der Waals surface area contributed by atoms with Crippen LogP contribution in [0.5, 0.6) is 0 Å². The average Bonchev–Trinajstić information content (AvgIpc) is 2.87. The molecule has 0 spiro atoms. The Morgan fingerprint density at radius 3 is 2.39 bits per heavy atom. The van der Waals surface area contributed by atoms with Crippen molar-refractivity contribution < 1.29 is 39.1 Å². The van der Waals surface area contributed by atoms with E-state index in [1.54, 1.807) is 19.2 Å². The van der Waals surface area contributed by atoms with Crippen molar-refractivity contribution in [1.82, 2.24) is 20.9 Å². The second-order valence-corrected chi connectivity index (χ2v) is 8.99. The van der Waals surface area contributed by atoms with E-state index in [0.29, 0.717) is 48.2 Å². The summed E-state index contributed by atoms with van der Waals surface area (Å²) in [7, 11) is 1.71. The maximum absolute atomic E-state index is 11.4. The SMILES string of the molecule is CNC(=S)Nc1cccc(NC(=S)NCCOCCOCCO[C@@H]2OC(O)(CO)CC(O)C2NC(C)=O)n1. The summed E-state index contributed by atoms with van der Waals surface area (Å²) < 4.78 is 21.8. The van der Waals surface area contributed by atoms with Crippen LogP contribution < -0.4 is 26.6 Å². The number of carbonyl (C=O) groups excluding carboxylic acids is 1. The Morgan fingerprint density at radius 2 is 1.76 bits per heavy atom. The van der Waals surface area contributed by atoms with Gasteiger partial charge in [-0.3, -0.25) is 4.79 Å². The van der Waals surface area contributed by atoms with Gasteiger partial charge in [-0.2, -0.15) is 0 Å². The lowest BCUT2D eigenvalue weighted by molar-refractivity contribution is -0.346. The highest BCUT2D eigenvalue weighted by atomic mass is 32.1. The zero-order valence-electron chi connectivity index (χ0n) is 21.3. The van der Waals surface area contributed by atoms with Gasteiger partial charge in [0.1, 0.15) is 17.7 Å². The lowest BCUT2D eigenvalue weighted by Crippen LogP contribution is -2.62. The molecule has 3 unspecified atom stereocenters. The van der Waals surface area contributed by atoms with Crippen molar-refractivity contribution in [2.45, 2.75) is 37.6 Å². The zero-order chi connectivity index (χ0) is 28.0. The largest absolute Gasteiger partial charge is 0.391 e. The highest BCUT2D eigenvalue weighted by Crippen LogP contribution is 2.28. The molecule has 14 nitrogen and oxygen atoms in total. The fraction of sp³-hybridized carbons (Fsp3) is 0.636. The molecule has 8 N–H and O–H groups in total. The molecule has 1 aliphatic heterocycles. The van der Waals surface area contributed by atoms with Crippen LogP contribution in [0, 0.1) is 0 Å². The van der Waals surface area contributed by atoms with Crippen molar-refractivity contribution in [2.75, 3.05) is 63.9 Å². The van der Waals surface area contributed by atoms with Crippen LogP contribution in [0.3, 0.4) is 0 Å². The van der Waals surface area contributed by atoms with Gasteiger partial charge in [0.15, 0.2) is 22.3 Å². The summed E-state index contributed by atoms with van der Waals surface area (Å²) in [6.45, 7) is 2.28. The van der Waals surface area contributed by atoms with Gasteiger partial charge in [-0.1, -0.05) is 6.07 Å². The summed E-state index contributed by atoms with van der Waals surface area (Å²) in [5.74, 6) is -1.22. The van der Waals surface area contributed by atoms with Crippen LogP contribution in [0.2, 0.25) is 0 Å². The molecule has 4 atom stereocenters. The number of nitrogens with zero attached hydrogens (tertiary/aromatic N) is 1. The van der Waals surface area contributed by atoms with E-state index in [2.05, 4.69) is 31.6 Å². The van der Waals surface area contributed by atoms with E-state index in [1.165, 1.54) is 6.92 Å². The van der Waals surface area contributed by atoms with Gasteiger partial charge in [0, 0.05) is 26.9 Å². The second-order valence-electron chi connectivity index (χ2n) is 8.18. The van der Waals surface area contributed by atoms with Gasteiger partial charge in [0.2, 0.25) is 5.91 Å². The van der Waals surface area contributed by atoms with Crippen LogP contribution >= 0.6 is 24.4 Å². The number of pyridine rings is 1. The number of carbonyl (C=O) groups is 1. The maximum atomic E-state index is 11.4. The Kier molecular flexibility index (Phi) is 14.0. The average molecular weight is 577 g/mol. The van der Waals surface area contributed by atoms with Gasteiger partial charge in [0.25, 0.3) is 0 Å². The summed E-state index contributed by atoms with van der Waals surface area (Å²) in [5.41, 5.74) is 0. The maximum Gasteiger partial charge on any atom is 0.217 e. The highest BCUT2D eigenvalue weighted by Gasteiger charge is 2.46. The van der Waals surface area contributed by atoms with E-state index in [0.717, 1.165) is 0 Å². The van der Waals surface area contributed by atoms with E-state index >= 15 is 0 Å². The summed E-state index contributed by atoms with van der Waals surface area (Å²) in [5, 5.41) is 44.9. The molecule has 0 aliphatic carbocycles. The van der Waals surface area contributed by atoms with Crippen LogP contribution in [0.1, 0.15) is 13.3 Å². The van der Waals surface area contributed by atoms with E-state index in [1.807, 2.05) is 6.07 Å². The first-order valence-corrected chi connectivity index (χ1v) is 12.7. The molecule has 1 fully saturated rings. The molecule has 1 aromatic rings. The number of aliphatic hydroxyl groups excluding tert-OH is 2. The molecule has 2 heterocycles. The van der Waals surface area contributed by atoms with Crippen molar-refractivity contribution in [3.05, 3.63) is 18.2 Å². The minimum Gasteiger partial charge on any atom is -0.391 e. The Bertz CT molecular complexity index is 916. The van der Waals surface area contributed by atoms with Gasteiger partial charge in [-0.15, -0.1) is 0 Å². The smallest absolute Gasteiger partial charge is 0.217 e. The quantitative estimate of drug-likeness (QED) is 0.0956. The van der Waals surface area contributed by atoms with Gasteiger partial charge in [-0.05, 0) is 36.6 Å². The number of thiocarbonyl (C=S) groups is 2. The first kappa shape index (κ1) is 31.9. The third-order valence-corrected chi connectivity index (χ3v) is 5.61. The standard InChI is InChI=1S/C22H36N6O8S2/c1-14(30)25-18-15(31)12-22(32,13-29)36-19(18)35-11-10-34-9-8-33-7-6-24-21(38)28-17-5-3-4-16(26-17)27-20(37)23-2/h3-5,15,18-19,29,31-32H,6-13H2,1-2H3,(H,25,30)(H4,23,24,26,27,28,37,38)/t15?,18?,19-,22?/m1/s1. The molecular weight excluding hydrogens is 540 g/mol. The van der Waals surface area contributed by atoms with Crippen molar-refractivity contribution in [2.24, 2.45) is 0 Å². The Morgan fingerprint density at radius 1 is 1.13 bits per heavy atom. The third-order valence-electron chi connectivity index (χ3n) is 5.06. The van der Waals surface area contributed by atoms with Gasteiger partial charge in [0.05, 0.1) is 45.7 Å². The van der Waals surface area contributed by atoms with Crippen LogP contribution in [0.25, 0.3) is 0 Å². The predicted octanol–water partition coefficient (Wildman–Crippen LogP) is -1.37. The molecule has 214 valence electrons. The molecule has 0 radical (unpaired) electrons. The van der Waals surface area contributed by atoms with Gasteiger partial charge in [-0.25, -0.2) is 4.98 Å². The third kappa shape index (κ3) is 11.6. The summed E-state index contributed by atoms with van der Waals surface area (Å²) in [6.07, 6.45) is -2.60. The lowest BCUT2D eigenvalue weighted by Gasteiger charge is -2.43. The Hall–Kier alpha value is -2.28. The molecule has 2 rings (SSSR count). The number of aromatic nitrogens is 1. The molecule has 0 saturated carbocycles. The molecule has 1 saturated heterocycles. The van der Waals surface area contributed by atoms with E-state index < -0.39 is 36.7 Å². The number of ether oxygens (including phenoxy) is 4. The molecule has 1 amide bonds. The predicted molar refractivity (Wildman–Crippen MR) is 146 cm³/mol. The van der Waals surface area contributed by atoms with E-state index in [-0.39, 0.29) is 19.6 Å². The molecule has 16 heteroatoms. The van der Waals surface area contributed by atoms with Crippen molar-refractivity contribution >= 4 is 52.2 Å². The Balaban J connectivity index is 1.56. The van der Waals surface area contributed by atoms with Crippen LogP contribution in [-0.4, -0.2) is 114 Å². The monoisotopic (exact) mass is 576 g/mol. The second kappa shape index (κ2) is 16.6. The number of amides is 1. The summed E-state index contributed by atoms with van der Waals surface area (Å²) in [6, 6.07) is 4.47. The van der Waals surface area contributed by atoms with Crippen LogP contribution in [-0.2, 0) is 23.7 Å². The number of aliphatic hydroxyl groups is 3. The summed E-state index contributed by atoms with van der Waals surface area (Å²) in [4.78, 5) is 15.8. The molecule has 38 heavy (non-hydrogen) atoms. The molecule has 1 aliphatic rings. The zero-order valence-corrected chi connectivity index (χ0v) is 22.9. The minimum absolute atomic E-state index is 0.0575. The first-order chi connectivity index (χ1) is 18.2. The number of rotatable bonds is 14. The van der Waals surface area contributed by atoms with Crippen molar-refractivity contribution in [3.8, 4) is 0 Å². The van der Waals surface area contributed by atoms with Crippen LogP contribution in [0.15, 0.2) is 18.2 Å². The molecule has 0 bridgehead atoms. The van der Waals surface area contributed by atoms with Crippen molar-refractivity contribution in [3.63, 3.8) is 0 Å². The topological polar surface area (TPSA) is 188 Å². The molecule has 0 aromatic carbocycles. The lowest BCUT2D eigenvalue weighted by atomic mass is 9.97. The van der Waals surface area contributed by atoms with E-state index in [4.69, 9.17) is 43.4 Å². The minimum atomic E-state index is -1.96. The number of anilines is 2. The van der Waals surface area contributed by atoms with Crippen molar-refractivity contribution in [1.29, 1.82) is 0 Å². The fourth-order valence-electron chi connectivity index (χ4n) is 3.31. The molecular formula is C22H36N6O8S2. The number of hydrogen-bond donors (Lipinski definition) is 8. The van der Waals surface area contributed by atoms with E-state index in [9.17, 15) is 20.1 Å². The van der Waals surface area contributed by atoms with Crippen LogP contribution in [0.4, 0.5) is 11.6 Å². The molecule has 1 aromatic heterocycles. The fourth-order valence-corrected chi connectivity index (χ4v) is 3.62. The highest BCUT2D eigenvalue weighted by molar-refractivity contribution is 7.80. The number of nitrogens with one attached hydrogen (secondary N) is 5. The normalized spacial score (nSPS) is 22.8. The first-order valence-electron chi connectivity index (χ1n) is 11.9. The number of hydrogen-bond acceptors (Lipinski definition) is 11. The Labute approximate surface area is 231 Å². The van der Waals surface area contributed by atoms with Gasteiger partial charge >= 0.3 is 0 Å². The van der Waals surface area contributed by atoms with Gasteiger partial charge < -0.3 is 60.9 Å². The summed E-state index contributed by atoms with van der Waals surface area (Å²) >= 11 is 10.3.